The standard InChI is InChI=1S/C15H16P.HI/c1-16(13-7-3-2-4-8-13)14-9-5-6-10-15(16)12-11-14;/h2-12,14-15H,1H3;1H/q+1;/p-1. The number of hydrogen-bond donors (Lipinski definition) is 0. The van der Waals surface area contributed by atoms with Crippen LogP contribution in [-0.4, -0.2) is 18.0 Å². The fraction of sp³-hybridized carbons (Fsp3) is 0.200. The van der Waals surface area contributed by atoms with Crippen LogP contribution in [-0.2, 0) is 0 Å². The molecule has 0 spiro atoms. The molecular formula is C15H16IP. The lowest BCUT2D eigenvalue weighted by molar-refractivity contribution is -0.00000311. The summed E-state index contributed by atoms with van der Waals surface area (Å²) in [6.07, 6.45) is 13.9. The Morgan fingerprint density at radius 3 is 1.88 bits per heavy atom. The second-order valence-electron chi connectivity index (χ2n) is 4.62. The van der Waals surface area contributed by atoms with Crippen LogP contribution < -0.4 is 29.3 Å². The number of benzene rings is 1. The maximum absolute atomic E-state index is 2.48. The zero-order chi connectivity index (χ0) is 11.0. The minimum Gasteiger partial charge on any atom is -1.00 e. The van der Waals surface area contributed by atoms with Gasteiger partial charge in [0.2, 0.25) is 0 Å². The number of hydrogen-bond acceptors (Lipinski definition) is 0. The maximum Gasteiger partial charge on any atom is 0.111 e. The molecule has 0 radical (unpaired) electrons. The van der Waals surface area contributed by atoms with Gasteiger partial charge >= 0.3 is 0 Å². The van der Waals surface area contributed by atoms with Gasteiger partial charge in [0.1, 0.15) is 11.3 Å². The Balaban J connectivity index is 0.00000108. The number of rotatable bonds is 1. The smallest absolute Gasteiger partial charge is 0.111 e. The van der Waals surface area contributed by atoms with Gasteiger partial charge in [0.05, 0.1) is 19.2 Å². The van der Waals surface area contributed by atoms with Crippen molar-refractivity contribution >= 4 is 12.6 Å². The second-order valence-corrected chi connectivity index (χ2v) is 8.62. The highest BCUT2D eigenvalue weighted by molar-refractivity contribution is 7.84. The lowest BCUT2D eigenvalue weighted by Crippen LogP contribution is -3.00. The molecule has 0 fully saturated rings. The van der Waals surface area contributed by atoms with Crippen molar-refractivity contribution in [2.75, 3.05) is 6.66 Å². The Bertz CT molecular complexity index is 451. The van der Waals surface area contributed by atoms with E-state index in [1.807, 2.05) is 0 Å². The number of fused-ring (bicyclic) bond motifs is 2. The van der Waals surface area contributed by atoms with E-state index in [1.54, 1.807) is 5.30 Å². The van der Waals surface area contributed by atoms with Crippen LogP contribution in [0.15, 0.2) is 66.8 Å². The van der Waals surface area contributed by atoms with Crippen molar-refractivity contribution in [3.8, 4) is 0 Å². The molecule has 0 amide bonds. The van der Waals surface area contributed by atoms with Crippen molar-refractivity contribution in [3.05, 3.63) is 66.8 Å². The molecule has 2 unspecified atom stereocenters. The predicted molar refractivity (Wildman–Crippen MR) is 73.9 cm³/mol. The summed E-state index contributed by atoms with van der Waals surface area (Å²) in [6, 6.07) is 11.0. The van der Waals surface area contributed by atoms with Crippen LogP contribution in [0.5, 0.6) is 0 Å². The third kappa shape index (κ3) is 2.04. The quantitative estimate of drug-likeness (QED) is 0.389. The summed E-state index contributed by atoms with van der Waals surface area (Å²) in [4.78, 5) is 0. The van der Waals surface area contributed by atoms with E-state index >= 15 is 0 Å². The molecular weight excluding hydrogens is 338 g/mol. The molecule has 1 aromatic carbocycles. The van der Waals surface area contributed by atoms with Gasteiger partial charge in [-0.2, -0.15) is 0 Å². The Morgan fingerprint density at radius 2 is 1.35 bits per heavy atom. The van der Waals surface area contributed by atoms with Crippen LogP contribution in [0.2, 0.25) is 0 Å². The minimum absolute atomic E-state index is 0. The fourth-order valence-electron chi connectivity index (χ4n) is 2.72. The molecule has 0 N–H and O–H groups in total. The van der Waals surface area contributed by atoms with E-state index in [-0.39, 0.29) is 24.0 Å². The molecule has 2 heteroatoms. The van der Waals surface area contributed by atoms with Crippen LogP contribution in [0.25, 0.3) is 0 Å². The van der Waals surface area contributed by atoms with E-state index in [4.69, 9.17) is 0 Å². The first-order valence-corrected chi connectivity index (χ1v) is 8.14. The summed E-state index contributed by atoms with van der Waals surface area (Å²) in [6.45, 7) is 2.48. The van der Waals surface area contributed by atoms with E-state index in [0.717, 1.165) is 0 Å². The molecule has 2 aliphatic heterocycles. The highest BCUT2D eigenvalue weighted by Crippen LogP contribution is 2.67. The molecule has 0 aliphatic carbocycles. The molecule has 0 saturated heterocycles. The molecule has 3 rings (SSSR count). The number of halogens is 1. The van der Waals surface area contributed by atoms with Crippen molar-refractivity contribution in [2.24, 2.45) is 0 Å². The fourth-order valence-corrected chi connectivity index (χ4v) is 6.45. The molecule has 2 bridgehead atoms. The number of allylic oxidation sites excluding steroid dienone is 6. The first kappa shape index (κ1) is 13.0. The lowest BCUT2D eigenvalue weighted by Gasteiger charge is -2.26. The third-order valence-electron chi connectivity index (χ3n) is 3.78. The molecule has 0 aromatic heterocycles. The van der Waals surface area contributed by atoms with Gasteiger partial charge in [-0.25, -0.2) is 0 Å². The van der Waals surface area contributed by atoms with Gasteiger partial charge < -0.3 is 24.0 Å². The largest absolute Gasteiger partial charge is 1.00 e. The van der Waals surface area contributed by atoms with Crippen LogP contribution in [0, 0.1) is 0 Å². The van der Waals surface area contributed by atoms with Crippen LogP contribution in [0.4, 0.5) is 0 Å². The third-order valence-corrected chi connectivity index (χ3v) is 8.36. The zero-order valence-electron chi connectivity index (χ0n) is 9.83. The molecule has 0 nitrogen and oxygen atoms in total. The van der Waals surface area contributed by atoms with Gasteiger partial charge in [0.25, 0.3) is 0 Å². The van der Waals surface area contributed by atoms with Crippen molar-refractivity contribution in [3.63, 3.8) is 0 Å². The van der Waals surface area contributed by atoms with Gasteiger partial charge in [-0.3, -0.25) is 0 Å². The molecule has 17 heavy (non-hydrogen) atoms. The molecule has 0 saturated carbocycles. The van der Waals surface area contributed by atoms with Gasteiger partial charge in [0.15, 0.2) is 0 Å². The Hall–Kier alpha value is -0.400. The van der Waals surface area contributed by atoms with E-state index in [9.17, 15) is 0 Å². The highest BCUT2D eigenvalue weighted by Gasteiger charge is 2.50. The maximum atomic E-state index is 2.48. The van der Waals surface area contributed by atoms with Crippen molar-refractivity contribution < 1.29 is 24.0 Å². The molecule has 2 heterocycles. The van der Waals surface area contributed by atoms with Gasteiger partial charge in [-0.05, 0) is 36.4 Å². The summed E-state index contributed by atoms with van der Waals surface area (Å²) < 4.78 is 0. The summed E-state index contributed by atoms with van der Waals surface area (Å²) in [5.41, 5.74) is 1.27. The van der Waals surface area contributed by atoms with Gasteiger partial charge in [-0.15, -0.1) is 0 Å². The van der Waals surface area contributed by atoms with Crippen LogP contribution >= 0.6 is 7.26 Å². The minimum atomic E-state index is -1.11. The second kappa shape index (κ2) is 5.07. The van der Waals surface area contributed by atoms with Gasteiger partial charge in [-0.1, -0.05) is 30.4 Å². The average molecular weight is 354 g/mol. The van der Waals surface area contributed by atoms with Crippen LogP contribution in [0.3, 0.4) is 0 Å². The molecule has 2 atom stereocenters. The van der Waals surface area contributed by atoms with Crippen LogP contribution in [0.1, 0.15) is 0 Å². The normalized spacial score (nSPS) is 33.2. The van der Waals surface area contributed by atoms with E-state index in [2.05, 4.69) is 73.5 Å². The summed E-state index contributed by atoms with van der Waals surface area (Å²) in [5.74, 6) is 0. The average Bonchev–Trinajstić information content (AvgIpc) is 2.50. The topological polar surface area (TPSA) is 0 Å². The Labute approximate surface area is 121 Å². The first-order valence-electron chi connectivity index (χ1n) is 5.76. The summed E-state index contributed by atoms with van der Waals surface area (Å²) >= 11 is 0. The van der Waals surface area contributed by atoms with Gasteiger partial charge in [0, 0.05) is 0 Å². The predicted octanol–water partition coefficient (Wildman–Crippen LogP) is 0.396. The van der Waals surface area contributed by atoms with E-state index in [1.165, 1.54) is 0 Å². The van der Waals surface area contributed by atoms with E-state index < -0.39 is 7.26 Å². The lowest BCUT2D eigenvalue weighted by atomic mass is 10.2. The molecule has 88 valence electrons. The van der Waals surface area contributed by atoms with E-state index in [0.29, 0.717) is 11.3 Å². The summed E-state index contributed by atoms with van der Waals surface area (Å²) in [5, 5.41) is 1.55. The zero-order valence-corrected chi connectivity index (χ0v) is 12.9. The first-order chi connectivity index (χ1) is 7.82. The van der Waals surface area contributed by atoms with Crippen molar-refractivity contribution in [2.45, 2.75) is 11.3 Å². The monoisotopic (exact) mass is 354 g/mol. The summed E-state index contributed by atoms with van der Waals surface area (Å²) in [7, 11) is -1.11. The Morgan fingerprint density at radius 1 is 0.824 bits per heavy atom. The Kier molecular flexibility index (Phi) is 3.89. The van der Waals surface area contributed by atoms with Crippen molar-refractivity contribution in [1.82, 2.24) is 0 Å². The highest BCUT2D eigenvalue weighted by atomic mass is 127. The SMILES string of the molecule is C[P+]1(c2ccccc2)C2C=CC=CC1C=C2.[I-]. The molecule has 2 aliphatic rings. The van der Waals surface area contributed by atoms with Crippen molar-refractivity contribution in [1.29, 1.82) is 0 Å². The molecule has 1 aromatic rings.